The van der Waals surface area contributed by atoms with Crippen LogP contribution in [0.1, 0.15) is 33.9 Å². The molecule has 7 rings (SSSR count). The molecule has 5 aromatic rings. The monoisotopic (exact) mass is 512 g/mol. The molecule has 0 saturated heterocycles. The maximum atomic E-state index is 10.2. The number of aromatic nitrogens is 4. The molecule has 0 aliphatic carbocycles. The van der Waals surface area contributed by atoms with Crippen LogP contribution >= 0.6 is 0 Å². The largest absolute Gasteiger partial charge is 0.354 e. The van der Waals surface area contributed by atoms with E-state index in [1.165, 1.54) is 0 Å². The molecule has 0 atom stereocenters. The van der Waals surface area contributed by atoms with Gasteiger partial charge in [-0.2, -0.15) is 10.5 Å². The molecule has 40 heavy (non-hydrogen) atoms. The van der Waals surface area contributed by atoms with Crippen LogP contribution in [0.2, 0.25) is 0 Å². The second-order valence-corrected chi connectivity index (χ2v) is 9.46. The predicted molar refractivity (Wildman–Crippen MR) is 159 cm³/mol. The Balaban J connectivity index is 1.68. The van der Waals surface area contributed by atoms with Gasteiger partial charge in [-0.25, -0.2) is 9.97 Å². The third-order valence-electron chi connectivity index (χ3n) is 7.10. The first-order valence-electron chi connectivity index (χ1n) is 12.8. The molecule has 0 amide bonds. The fourth-order valence-corrected chi connectivity index (χ4v) is 5.26. The van der Waals surface area contributed by atoms with Crippen molar-refractivity contribution in [3.05, 3.63) is 119 Å². The van der Waals surface area contributed by atoms with Crippen molar-refractivity contribution in [2.45, 2.75) is 0 Å². The molecular weight excluding hydrogens is 492 g/mol. The Morgan fingerprint density at radius 2 is 0.825 bits per heavy atom. The molecular formula is C34H20N6. The summed E-state index contributed by atoms with van der Waals surface area (Å²) in [6.45, 7) is 0. The van der Waals surface area contributed by atoms with Crippen molar-refractivity contribution in [3.8, 4) is 34.4 Å². The van der Waals surface area contributed by atoms with E-state index in [1.807, 2.05) is 109 Å². The van der Waals surface area contributed by atoms with E-state index in [1.54, 1.807) is 0 Å². The maximum absolute atomic E-state index is 10.2. The summed E-state index contributed by atoms with van der Waals surface area (Å²) in [5, 5.41) is 20.4. The molecule has 0 radical (unpaired) electrons. The Morgan fingerprint density at radius 1 is 0.450 bits per heavy atom. The molecule has 6 heteroatoms. The van der Waals surface area contributed by atoms with Crippen LogP contribution in [-0.2, 0) is 0 Å². The Bertz CT molecular complexity index is 1960. The number of benzene rings is 2. The van der Waals surface area contributed by atoms with Crippen molar-refractivity contribution in [2.75, 3.05) is 0 Å². The molecule has 3 aromatic heterocycles. The zero-order valence-electron chi connectivity index (χ0n) is 21.2. The van der Waals surface area contributed by atoms with Gasteiger partial charge >= 0.3 is 0 Å². The van der Waals surface area contributed by atoms with Crippen molar-refractivity contribution in [1.82, 2.24) is 19.9 Å². The number of aromatic amines is 2. The molecule has 0 spiro atoms. The molecule has 0 saturated carbocycles. The molecule has 8 bridgehead atoms. The standard InChI is InChI=1S/C34H20N6/c35-19-23-25-11-15-29(37-25)33(21-7-3-1-4-8-21)30-16-12-26(38-30)24(20-36)28-14-18-32(40-28)34(22-9-5-2-6-10-22)31-17-13-27(23)39-31/h1-18,37,40H. The molecule has 2 aliphatic rings. The van der Waals surface area contributed by atoms with Gasteiger partial charge < -0.3 is 9.97 Å². The Labute approximate surface area is 229 Å². The first kappa shape index (κ1) is 23.2. The zero-order valence-corrected chi connectivity index (χ0v) is 21.2. The fraction of sp³-hybridized carbons (Fsp3) is 0. The minimum absolute atomic E-state index is 0.452. The minimum Gasteiger partial charge on any atom is -0.354 e. The normalized spacial score (nSPS) is 11.8. The highest BCUT2D eigenvalue weighted by Crippen LogP contribution is 2.33. The van der Waals surface area contributed by atoms with Crippen LogP contribution in [0.25, 0.3) is 68.6 Å². The van der Waals surface area contributed by atoms with E-state index in [2.05, 4.69) is 22.1 Å². The van der Waals surface area contributed by atoms with Gasteiger partial charge in [-0.15, -0.1) is 0 Å². The van der Waals surface area contributed by atoms with Gasteiger partial charge in [0.1, 0.15) is 23.3 Å². The number of hydrogen-bond acceptors (Lipinski definition) is 4. The molecule has 6 nitrogen and oxygen atoms in total. The second-order valence-electron chi connectivity index (χ2n) is 9.46. The summed E-state index contributed by atoms with van der Waals surface area (Å²) >= 11 is 0. The summed E-state index contributed by atoms with van der Waals surface area (Å²) in [6, 6.07) is 32.4. The molecule has 0 unspecified atom stereocenters. The maximum Gasteiger partial charge on any atom is 0.104 e. The van der Waals surface area contributed by atoms with E-state index in [0.29, 0.717) is 33.5 Å². The van der Waals surface area contributed by atoms with Crippen LogP contribution < -0.4 is 0 Å². The van der Waals surface area contributed by atoms with Gasteiger partial charge in [0, 0.05) is 22.2 Å². The number of nitriles is 2. The lowest BCUT2D eigenvalue weighted by Gasteiger charge is -2.04. The molecule has 5 heterocycles. The third-order valence-corrected chi connectivity index (χ3v) is 7.10. The van der Waals surface area contributed by atoms with E-state index in [-0.39, 0.29) is 0 Å². The average Bonchev–Trinajstić information content (AvgIpc) is 3.81. The van der Waals surface area contributed by atoms with Crippen LogP contribution in [-0.4, -0.2) is 19.9 Å². The molecule has 0 fully saturated rings. The lowest BCUT2D eigenvalue weighted by atomic mass is 10.0. The zero-order chi connectivity index (χ0) is 27.1. The van der Waals surface area contributed by atoms with Gasteiger partial charge in [-0.1, -0.05) is 60.7 Å². The van der Waals surface area contributed by atoms with E-state index < -0.39 is 0 Å². The summed E-state index contributed by atoms with van der Waals surface area (Å²) in [5.74, 6) is 0. The molecule has 2 aromatic carbocycles. The average molecular weight is 513 g/mol. The lowest BCUT2D eigenvalue weighted by molar-refractivity contribution is 1.29. The Kier molecular flexibility index (Phi) is 5.44. The van der Waals surface area contributed by atoms with Crippen LogP contribution in [0.5, 0.6) is 0 Å². The van der Waals surface area contributed by atoms with Crippen LogP contribution in [0.3, 0.4) is 0 Å². The first-order chi connectivity index (χ1) is 19.7. The van der Waals surface area contributed by atoms with Crippen LogP contribution in [0.4, 0.5) is 0 Å². The summed E-state index contributed by atoms with van der Waals surface area (Å²) in [4.78, 5) is 16.7. The number of nitrogens with one attached hydrogen (secondary N) is 2. The fourth-order valence-electron chi connectivity index (χ4n) is 5.26. The first-order valence-corrected chi connectivity index (χ1v) is 12.8. The molecule has 186 valence electrons. The highest BCUT2D eigenvalue weighted by atomic mass is 14.8. The Morgan fingerprint density at radius 3 is 1.23 bits per heavy atom. The molecule has 2 N–H and O–H groups in total. The Hall–Kier alpha value is -5.98. The minimum atomic E-state index is 0.452. The van der Waals surface area contributed by atoms with Crippen molar-refractivity contribution >= 4 is 46.4 Å². The topological polar surface area (TPSA) is 105 Å². The van der Waals surface area contributed by atoms with Gasteiger partial charge in [0.25, 0.3) is 0 Å². The van der Waals surface area contributed by atoms with Crippen molar-refractivity contribution in [1.29, 1.82) is 10.5 Å². The number of hydrogen-bond donors (Lipinski definition) is 2. The van der Waals surface area contributed by atoms with E-state index >= 15 is 0 Å². The van der Waals surface area contributed by atoms with E-state index in [9.17, 15) is 10.5 Å². The van der Waals surface area contributed by atoms with Crippen molar-refractivity contribution in [3.63, 3.8) is 0 Å². The van der Waals surface area contributed by atoms with Gasteiger partial charge in [-0.3, -0.25) is 0 Å². The summed E-state index contributed by atoms with van der Waals surface area (Å²) < 4.78 is 0. The lowest BCUT2D eigenvalue weighted by Crippen LogP contribution is -1.89. The number of nitrogens with zero attached hydrogens (tertiary/aromatic N) is 4. The van der Waals surface area contributed by atoms with E-state index in [4.69, 9.17) is 9.97 Å². The highest BCUT2D eigenvalue weighted by molar-refractivity contribution is 5.95. The van der Waals surface area contributed by atoms with Crippen LogP contribution in [0, 0.1) is 22.7 Å². The highest BCUT2D eigenvalue weighted by Gasteiger charge is 2.17. The van der Waals surface area contributed by atoms with Gasteiger partial charge in [0.2, 0.25) is 0 Å². The number of H-pyrrole nitrogens is 2. The van der Waals surface area contributed by atoms with Crippen LogP contribution in [0.15, 0.2) is 84.9 Å². The predicted octanol–water partition coefficient (Wildman–Crippen LogP) is 7.73. The van der Waals surface area contributed by atoms with Crippen molar-refractivity contribution < 1.29 is 0 Å². The summed E-state index contributed by atoms with van der Waals surface area (Å²) in [5.41, 5.74) is 10.2. The summed E-state index contributed by atoms with van der Waals surface area (Å²) in [6.07, 6.45) is 7.61. The van der Waals surface area contributed by atoms with Gasteiger partial charge in [-0.05, 0) is 59.7 Å². The quantitative estimate of drug-likeness (QED) is 0.247. The second kappa shape index (κ2) is 9.40. The summed E-state index contributed by atoms with van der Waals surface area (Å²) in [7, 11) is 0. The van der Waals surface area contributed by atoms with Crippen molar-refractivity contribution in [2.24, 2.45) is 0 Å². The third kappa shape index (κ3) is 3.80. The molecule has 2 aliphatic heterocycles. The smallest absolute Gasteiger partial charge is 0.104 e. The number of rotatable bonds is 2. The van der Waals surface area contributed by atoms with Gasteiger partial charge in [0.05, 0.1) is 33.8 Å². The number of fused-ring (bicyclic) bond motifs is 8. The SMILES string of the molecule is N#Cc1c2nc(c(-c3ccccc3)c3ccc([nH]3)c(C#N)c3nc(c(-c4ccccc4)c4ccc1[nH]4)C=C3)C=C2. The van der Waals surface area contributed by atoms with Gasteiger partial charge in [0.15, 0.2) is 0 Å². The van der Waals surface area contributed by atoms with E-state index in [0.717, 1.165) is 44.7 Å².